The molecule has 0 N–H and O–H groups in total. The van der Waals surface area contributed by atoms with Crippen LogP contribution in [0.2, 0.25) is 0 Å². The fourth-order valence-corrected chi connectivity index (χ4v) is 2.76. The molecule has 0 fully saturated rings. The zero-order valence-corrected chi connectivity index (χ0v) is 11.5. The molecule has 5 nitrogen and oxygen atoms in total. The van der Waals surface area contributed by atoms with Crippen molar-refractivity contribution in [3.05, 3.63) is 0 Å². The first kappa shape index (κ1) is 15.6. The molecular weight excluding hydrogens is 231 g/mol. The third-order valence-electron chi connectivity index (χ3n) is 2.29. The van der Waals surface area contributed by atoms with E-state index in [1.807, 2.05) is 13.8 Å². The molecule has 0 aromatic carbocycles. The van der Waals surface area contributed by atoms with Crippen molar-refractivity contribution in [2.75, 3.05) is 27.5 Å². The van der Waals surface area contributed by atoms with Gasteiger partial charge in [0, 0.05) is 14.2 Å². The Morgan fingerprint density at radius 1 is 1.19 bits per heavy atom. The molecule has 0 bridgehead atoms. The molecule has 0 aromatic heterocycles. The van der Waals surface area contributed by atoms with Crippen LogP contribution in [-0.4, -0.2) is 33.5 Å². The lowest BCUT2D eigenvalue weighted by Gasteiger charge is -2.20. The standard InChI is InChI=1S/C10H21O5P/c1-8(2)6-9(10(11)13-3)7-16(12,14-4)15-5/h8-9H,6-7H2,1-5H3. The molecule has 0 spiro atoms. The smallest absolute Gasteiger partial charge is 0.331 e. The summed E-state index contributed by atoms with van der Waals surface area (Å²) in [5, 5.41) is 0. The molecule has 0 saturated heterocycles. The van der Waals surface area contributed by atoms with E-state index in [0.717, 1.165) is 0 Å². The Balaban J connectivity index is 4.65. The van der Waals surface area contributed by atoms with E-state index in [1.165, 1.54) is 21.3 Å². The molecule has 0 aliphatic rings. The summed E-state index contributed by atoms with van der Waals surface area (Å²) >= 11 is 0. The minimum Gasteiger partial charge on any atom is -0.469 e. The summed E-state index contributed by atoms with van der Waals surface area (Å²) in [7, 11) is 0.785. The lowest BCUT2D eigenvalue weighted by molar-refractivity contribution is -0.145. The third kappa shape index (κ3) is 5.10. The van der Waals surface area contributed by atoms with Crippen molar-refractivity contribution < 1.29 is 23.1 Å². The second-order valence-corrected chi connectivity index (χ2v) is 6.33. The average molecular weight is 252 g/mol. The zero-order chi connectivity index (χ0) is 12.8. The fourth-order valence-electron chi connectivity index (χ4n) is 1.47. The van der Waals surface area contributed by atoms with Gasteiger partial charge in [0.25, 0.3) is 0 Å². The van der Waals surface area contributed by atoms with E-state index in [1.54, 1.807) is 0 Å². The highest BCUT2D eigenvalue weighted by atomic mass is 31.2. The second-order valence-electron chi connectivity index (χ2n) is 4.01. The van der Waals surface area contributed by atoms with Crippen LogP contribution in [-0.2, 0) is 23.1 Å². The van der Waals surface area contributed by atoms with Crippen LogP contribution in [0.4, 0.5) is 0 Å². The Kier molecular flexibility index (Phi) is 6.88. The Bertz CT molecular complexity index is 256. The van der Waals surface area contributed by atoms with Crippen LogP contribution in [0.25, 0.3) is 0 Å². The van der Waals surface area contributed by atoms with Gasteiger partial charge in [0.2, 0.25) is 0 Å². The van der Waals surface area contributed by atoms with Crippen LogP contribution in [0.15, 0.2) is 0 Å². The normalized spacial score (nSPS) is 13.9. The summed E-state index contributed by atoms with van der Waals surface area (Å²) in [5.41, 5.74) is 0. The number of hydrogen-bond acceptors (Lipinski definition) is 5. The minimum atomic E-state index is -3.16. The highest BCUT2D eigenvalue weighted by Crippen LogP contribution is 2.48. The van der Waals surface area contributed by atoms with Gasteiger partial charge in [-0.05, 0) is 12.3 Å². The summed E-state index contributed by atoms with van der Waals surface area (Å²) in [6.45, 7) is 3.97. The number of esters is 1. The lowest BCUT2D eigenvalue weighted by Crippen LogP contribution is -2.22. The van der Waals surface area contributed by atoms with Crippen molar-refractivity contribution in [1.29, 1.82) is 0 Å². The predicted molar refractivity (Wildman–Crippen MR) is 61.5 cm³/mol. The lowest BCUT2D eigenvalue weighted by atomic mass is 9.99. The Morgan fingerprint density at radius 3 is 2.00 bits per heavy atom. The number of carbonyl (C=O) groups is 1. The number of rotatable bonds is 7. The van der Waals surface area contributed by atoms with Gasteiger partial charge in [-0.25, -0.2) is 0 Å². The monoisotopic (exact) mass is 252 g/mol. The molecule has 96 valence electrons. The van der Waals surface area contributed by atoms with E-state index in [0.29, 0.717) is 12.3 Å². The van der Waals surface area contributed by atoms with E-state index in [-0.39, 0.29) is 12.1 Å². The minimum absolute atomic E-state index is 0.0604. The highest BCUT2D eigenvalue weighted by molar-refractivity contribution is 7.53. The molecule has 6 heteroatoms. The molecule has 1 atom stereocenters. The SMILES string of the molecule is COC(=O)C(CC(C)C)CP(=O)(OC)OC. The highest BCUT2D eigenvalue weighted by Gasteiger charge is 2.32. The van der Waals surface area contributed by atoms with Crippen molar-refractivity contribution in [3.8, 4) is 0 Å². The fraction of sp³-hybridized carbons (Fsp3) is 0.900. The number of methoxy groups -OCH3 is 1. The van der Waals surface area contributed by atoms with Gasteiger partial charge in [-0.2, -0.15) is 0 Å². The zero-order valence-electron chi connectivity index (χ0n) is 10.6. The van der Waals surface area contributed by atoms with Crippen LogP contribution < -0.4 is 0 Å². The van der Waals surface area contributed by atoms with Crippen molar-refractivity contribution in [3.63, 3.8) is 0 Å². The van der Waals surface area contributed by atoms with Crippen molar-refractivity contribution >= 4 is 13.6 Å². The Hall–Kier alpha value is -0.380. The first-order chi connectivity index (χ1) is 7.38. The molecule has 1 unspecified atom stereocenters. The summed E-state index contributed by atoms with van der Waals surface area (Å²) in [6.07, 6.45) is 0.661. The average Bonchev–Trinajstić information content (AvgIpc) is 2.26. The first-order valence-electron chi connectivity index (χ1n) is 5.17. The summed E-state index contributed by atoms with van der Waals surface area (Å²) in [6, 6.07) is 0. The van der Waals surface area contributed by atoms with Gasteiger partial charge in [-0.3, -0.25) is 9.36 Å². The van der Waals surface area contributed by atoms with E-state index < -0.39 is 13.5 Å². The van der Waals surface area contributed by atoms with Crippen LogP contribution >= 0.6 is 7.60 Å². The molecule has 16 heavy (non-hydrogen) atoms. The molecule has 0 amide bonds. The van der Waals surface area contributed by atoms with Gasteiger partial charge < -0.3 is 13.8 Å². The summed E-state index contributed by atoms with van der Waals surface area (Å²) in [5.74, 6) is -0.509. The Morgan fingerprint density at radius 2 is 1.69 bits per heavy atom. The maximum Gasteiger partial charge on any atom is 0.331 e. The van der Waals surface area contributed by atoms with Crippen LogP contribution in [0.3, 0.4) is 0 Å². The van der Waals surface area contributed by atoms with Crippen molar-refractivity contribution in [2.24, 2.45) is 11.8 Å². The first-order valence-corrected chi connectivity index (χ1v) is 6.89. The van der Waals surface area contributed by atoms with Gasteiger partial charge in [-0.1, -0.05) is 13.8 Å². The molecule has 0 aromatic rings. The summed E-state index contributed by atoms with van der Waals surface area (Å²) in [4.78, 5) is 11.5. The van der Waals surface area contributed by atoms with Gasteiger partial charge >= 0.3 is 13.6 Å². The summed E-state index contributed by atoms with van der Waals surface area (Å²) < 4.78 is 26.2. The van der Waals surface area contributed by atoms with E-state index in [9.17, 15) is 9.36 Å². The van der Waals surface area contributed by atoms with Gasteiger partial charge in [0.1, 0.15) is 0 Å². The molecule has 0 saturated carbocycles. The number of ether oxygens (including phenoxy) is 1. The van der Waals surface area contributed by atoms with Gasteiger partial charge in [0.15, 0.2) is 0 Å². The molecule has 0 aliphatic carbocycles. The van der Waals surface area contributed by atoms with Crippen LogP contribution in [0.5, 0.6) is 0 Å². The second kappa shape index (κ2) is 7.05. The number of carbonyl (C=O) groups excluding carboxylic acids is 1. The van der Waals surface area contributed by atoms with Crippen molar-refractivity contribution in [1.82, 2.24) is 0 Å². The molecular formula is C10H21O5P. The third-order valence-corrected chi connectivity index (χ3v) is 4.29. The van der Waals surface area contributed by atoms with E-state index >= 15 is 0 Å². The molecule has 0 rings (SSSR count). The topological polar surface area (TPSA) is 61.8 Å². The van der Waals surface area contributed by atoms with E-state index in [2.05, 4.69) is 4.74 Å². The van der Waals surface area contributed by atoms with Crippen molar-refractivity contribution in [2.45, 2.75) is 20.3 Å². The largest absolute Gasteiger partial charge is 0.469 e. The van der Waals surface area contributed by atoms with Gasteiger partial charge in [0.05, 0.1) is 19.2 Å². The molecule has 0 radical (unpaired) electrons. The Labute approximate surface area is 97.0 Å². The molecule has 0 aliphatic heterocycles. The quantitative estimate of drug-likeness (QED) is 0.514. The van der Waals surface area contributed by atoms with Crippen LogP contribution in [0, 0.1) is 11.8 Å². The van der Waals surface area contributed by atoms with Crippen LogP contribution in [0.1, 0.15) is 20.3 Å². The van der Waals surface area contributed by atoms with E-state index in [4.69, 9.17) is 9.05 Å². The maximum atomic E-state index is 11.9. The number of hydrogen-bond donors (Lipinski definition) is 0. The maximum absolute atomic E-state index is 11.9. The predicted octanol–water partition coefficient (Wildman–Crippen LogP) is 2.31. The van der Waals surface area contributed by atoms with Gasteiger partial charge in [-0.15, -0.1) is 0 Å². The molecule has 0 heterocycles.